The first-order valence-corrected chi connectivity index (χ1v) is 3.62. The molecule has 1 amide bonds. The van der Waals surface area contributed by atoms with Crippen LogP contribution in [0.25, 0.3) is 0 Å². The van der Waals surface area contributed by atoms with Crippen LogP contribution in [0.3, 0.4) is 0 Å². The number of nitrogens with two attached hydrogens (primary N) is 1. The predicted molar refractivity (Wildman–Crippen MR) is 46.1 cm³/mol. The van der Waals surface area contributed by atoms with Gasteiger partial charge in [-0.1, -0.05) is 0 Å². The molecule has 0 radical (unpaired) electrons. The quantitative estimate of drug-likeness (QED) is 0.654. The number of phenols is 1. The van der Waals surface area contributed by atoms with Gasteiger partial charge in [0.1, 0.15) is 5.75 Å². The van der Waals surface area contributed by atoms with Crippen molar-refractivity contribution in [2.75, 3.05) is 0 Å². The van der Waals surface area contributed by atoms with Crippen molar-refractivity contribution in [2.45, 2.75) is 13.8 Å². The molecule has 0 atom stereocenters. The Labute approximate surface area is 70.8 Å². The molecule has 0 saturated heterocycles. The zero-order valence-electron chi connectivity index (χ0n) is 7.09. The average Bonchev–Trinajstić information content (AvgIpc) is 1.96. The van der Waals surface area contributed by atoms with Crippen LogP contribution in [0.15, 0.2) is 12.1 Å². The molecule has 0 bridgehead atoms. The van der Waals surface area contributed by atoms with Gasteiger partial charge >= 0.3 is 0 Å². The van der Waals surface area contributed by atoms with Gasteiger partial charge in [-0.3, -0.25) is 4.79 Å². The fraction of sp³-hybridized carbons (Fsp3) is 0.222. The summed E-state index contributed by atoms with van der Waals surface area (Å²) in [6.07, 6.45) is 0. The molecule has 0 spiro atoms. The molecule has 0 fully saturated rings. The van der Waals surface area contributed by atoms with E-state index in [0.717, 1.165) is 11.1 Å². The summed E-state index contributed by atoms with van der Waals surface area (Å²) in [5.74, 6) is -0.432. The third-order valence-electron chi connectivity index (χ3n) is 1.92. The molecule has 0 heterocycles. The fourth-order valence-electron chi connectivity index (χ4n) is 1.10. The lowest BCUT2D eigenvalue weighted by molar-refractivity contribution is 0.0999. The predicted octanol–water partition coefficient (Wildman–Crippen LogP) is 1.11. The molecule has 1 rings (SSSR count). The fourth-order valence-corrected chi connectivity index (χ4v) is 1.10. The first-order chi connectivity index (χ1) is 5.52. The topological polar surface area (TPSA) is 63.3 Å². The van der Waals surface area contributed by atoms with Gasteiger partial charge < -0.3 is 10.8 Å². The molecule has 1 aromatic rings. The highest BCUT2D eigenvalue weighted by Gasteiger charge is 2.07. The molecule has 3 heteroatoms. The van der Waals surface area contributed by atoms with E-state index in [0.29, 0.717) is 5.56 Å². The summed E-state index contributed by atoms with van der Waals surface area (Å²) in [5, 5.41) is 9.16. The number of aryl methyl sites for hydroxylation is 1. The Bertz CT molecular complexity index is 332. The van der Waals surface area contributed by atoms with E-state index in [4.69, 9.17) is 10.8 Å². The van der Waals surface area contributed by atoms with E-state index in [1.54, 1.807) is 13.0 Å². The number of amides is 1. The summed E-state index contributed by atoms with van der Waals surface area (Å²) in [4.78, 5) is 10.8. The van der Waals surface area contributed by atoms with Crippen molar-refractivity contribution in [3.8, 4) is 5.75 Å². The number of benzene rings is 1. The number of carbonyl (C=O) groups is 1. The molecule has 12 heavy (non-hydrogen) atoms. The molecule has 0 saturated carbocycles. The smallest absolute Gasteiger partial charge is 0.249 e. The minimum Gasteiger partial charge on any atom is -0.508 e. The van der Waals surface area contributed by atoms with Gasteiger partial charge in [-0.15, -0.1) is 0 Å². The number of primary amides is 1. The van der Waals surface area contributed by atoms with Crippen molar-refractivity contribution in [1.82, 2.24) is 0 Å². The maximum Gasteiger partial charge on any atom is 0.249 e. The lowest BCUT2D eigenvalue weighted by Crippen LogP contribution is -2.13. The van der Waals surface area contributed by atoms with Gasteiger partial charge in [0.2, 0.25) is 5.91 Å². The molecule has 3 nitrogen and oxygen atoms in total. The Balaban J connectivity index is 3.37. The van der Waals surface area contributed by atoms with Crippen LogP contribution in [0.5, 0.6) is 5.75 Å². The zero-order valence-corrected chi connectivity index (χ0v) is 7.09. The van der Waals surface area contributed by atoms with Crippen molar-refractivity contribution in [1.29, 1.82) is 0 Å². The van der Waals surface area contributed by atoms with Crippen LogP contribution in [0.4, 0.5) is 0 Å². The molecule has 3 N–H and O–H groups in total. The standard InChI is InChI=1S/C9H11NO2/c1-5-3-7(11)4-8(6(5)2)9(10)12/h3-4,11H,1-2H3,(H2,10,12). The van der Waals surface area contributed by atoms with Gasteiger partial charge in [-0.25, -0.2) is 0 Å². The Hall–Kier alpha value is -1.51. The van der Waals surface area contributed by atoms with Crippen molar-refractivity contribution in [2.24, 2.45) is 5.73 Å². The second-order valence-corrected chi connectivity index (χ2v) is 2.80. The van der Waals surface area contributed by atoms with Crippen LogP contribution in [-0.4, -0.2) is 11.0 Å². The van der Waals surface area contributed by atoms with E-state index in [1.807, 2.05) is 6.92 Å². The van der Waals surface area contributed by atoms with Gasteiger partial charge in [0.25, 0.3) is 0 Å². The molecule has 1 aromatic carbocycles. The van der Waals surface area contributed by atoms with E-state index in [1.165, 1.54) is 6.07 Å². The maximum atomic E-state index is 10.8. The number of hydrogen-bond acceptors (Lipinski definition) is 2. The Morgan fingerprint density at radius 3 is 2.50 bits per heavy atom. The molecule has 0 unspecified atom stereocenters. The number of carbonyl (C=O) groups excluding carboxylic acids is 1. The molecule has 64 valence electrons. The van der Waals surface area contributed by atoms with Crippen molar-refractivity contribution in [3.05, 3.63) is 28.8 Å². The second kappa shape index (κ2) is 2.85. The minimum atomic E-state index is -0.508. The van der Waals surface area contributed by atoms with Gasteiger partial charge in [-0.2, -0.15) is 0 Å². The van der Waals surface area contributed by atoms with E-state index in [-0.39, 0.29) is 5.75 Å². The summed E-state index contributed by atoms with van der Waals surface area (Å²) in [7, 11) is 0. The molecular weight excluding hydrogens is 154 g/mol. The van der Waals surface area contributed by atoms with E-state index < -0.39 is 5.91 Å². The van der Waals surface area contributed by atoms with Crippen molar-refractivity contribution < 1.29 is 9.90 Å². The molecule has 0 aliphatic heterocycles. The third kappa shape index (κ3) is 1.39. The maximum absolute atomic E-state index is 10.8. The highest BCUT2D eigenvalue weighted by molar-refractivity contribution is 5.95. The Morgan fingerprint density at radius 2 is 2.00 bits per heavy atom. The van der Waals surface area contributed by atoms with E-state index in [2.05, 4.69) is 0 Å². The van der Waals surface area contributed by atoms with Crippen LogP contribution in [-0.2, 0) is 0 Å². The summed E-state index contributed by atoms with van der Waals surface area (Å²) in [6.45, 7) is 3.62. The molecule has 0 aliphatic carbocycles. The van der Waals surface area contributed by atoms with Gasteiger partial charge in [0, 0.05) is 5.56 Å². The Kier molecular flexibility index (Phi) is 2.04. The van der Waals surface area contributed by atoms with Crippen LogP contribution < -0.4 is 5.73 Å². The van der Waals surface area contributed by atoms with Gasteiger partial charge in [0.15, 0.2) is 0 Å². The lowest BCUT2D eigenvalue weighted by atomic mass is 10.0. The largest absolute Gasteiger partial charge is 0.508 e. The van der Waals surface area contributed by atoms with Crippen LogP contribution in [0, 0.1) is 13.8 Å². The summed E-state index contributed by atoms with van der Waals surface area (Å²) in [5.41, 5.74) is 7.17. The number of phenolic OH excluding ortho intramolecular Hbond substituents is 1. The SMILES string of the molecule is Cc1cc(O)cc(C(N)=O)c1C. The first kappa shape index (κ1) is 8.59. The minimum absolute atomic E-state index is 0.0758. The number of rotatable bonds is 1. The normalized spacial score (nSPS) is 9.83. The van der Waals surface area contributed by atoms with Crippen LogP contribution in [0.2, 0.25) is 0 Å². The van der Waals surface area contributed by atoms with Crippen LogP contribution >= 0.6 is 0 Å². The van der Waals surface area contributed by atoms with E-state index in [9.17, 15) is 4.79 Å². The first-order valence-electron chi connectivity index (χ1n) is 3.62. The average molecular weight is 165 g/mol. The second-order valence-electron chi connectivity index (χ2n) is 2.80. The van der Waals surface area contributed by atoms with Crippen molar-refractivity contribution >= 4 is 5.91 Å². The summed E-state index contributed by atoms with van der Waals surface area (Å²) in [6, 6.07) is 2.98. The van der Waals surface area contributed by atoms with Crippen molar-refractivity contribution in [3.63, 3.8) is 0 Å². The van der Waals surface area contributed by atoms with Gasteiger partial charge in [-0.05, 0) is 37.1 Å². The lowest BCUT2D eigenvalue weighted by Gasteiger charge is -2.05. The Morgan fingerprint density at radius 1 is 1.42 bits per heavy atom. The zero-order chi connectivity index (χ0) is 9.30. The highest BCUT2D eigenvalue weighted by atomic mass is 16.3. The summed E-state index contributed by atoms with van der Waals surface area (Å²) >= 11 is 0. The third-order valence-corrected chi connectivity index (χ3v) is 1.92. The molecule has 0 aromatic heterocycles. The molecular formula is C9H11NO2. The van der Waals surface area contributed by atoms with Crippen LogP contribution in [0.1, 0.15) is 21.5 Å². The van der Waals surface area contributed by atoms with Gasteiger partial charge in [0.05, 0.1) is 0 Å². The number of aromatic hydroxyl groups is 1. The molecule has 0 aliphatic rings. The monoisotopic (exact) mass is 165 g/mol. The summed E-state index contributed by atoms with van der Waals surface area (Å²) < 4.78 is 0. The number of hydrogen-bond donors (Lipinski definition) is 2. The van der Waals surface area contributed by atoms with E-state index >= 15 is 0 Å². The highest BCUT2D eigenvalue weighted by Crippen LogP contribution is 2.19.